The quantitative estimate of drug-likeness (QED) is 0.0793. The second kappa shape index (κ2) is 51.2. The summed E-state index contributed by atoms with van der Waals surface area (Å²) in [5.41, 5.74) is 0. The van der Waals surface area contributed by atoms with Crippen LogP contribution in [0.1, 0.15) is 60.0 Å². The van der Waals surface area contributed by atoms with Crippen molar-refractivity contribution in [1.82, 2.24) is 51.7 Å². The van der Waals surface area contributed by atoms with E-state index in [0.29, 0.717) is 45.6 Å². The van der Waals surface area contributed by atoms with Crippen molar-refractivity contribution in [1.29, 1.82) is 0 Å². The first kappa shape index (κ1) is 62.1. The summed E-state index contributed by atoms with van der Waals surface area (Å²) < 4.78 is 18.2. The third kappa shape index (κ3) is 61.5. The summed E-state index contributed by atoms with van der Waals surface area (Å²) in [6.07, 6.45) is 9.30. The van der Waals surface area contributed by atoms with Crippen LogP contribution in [-0.2, 0) is 61.3 Å². The number of urea groups is 1. The molecule has 2 aromatic heterocycles. The minimum atomic E-state index is -0.157. The van der Waals surface area contributed by atoms with Crippen molar-refractivity contribution < 1.29 is 66.1 Å². The van der Waals surface area contributed by atoms with Gasteiger partial charge in [-0.2, -0.15) is 0 Å². The van der Waals surface area contributed by atoms with Crippen LogP contribution in [0.25, 0.3) is 0 Å². The van der Waals surface area contributed by atoms with Crippen molar-refractivity contribution in [3.05, 3.63) is 62.9 Å². The number of ether oxygens (including phenoxy) is 3. The van der Waals surface area contributed by atoms with E-state index in [0.717, 1.165) is 0 Å². The number of carbonyl (C=O) groups is 4. The summed E-state index contributed by atoms with van der Waals surface area (Å²) >= 11 is 0. The van der Waals surface area contributed by atoms with Crippen LogP contribution in [0, 0.1) is 13.8 Å². The van der Waals surface area contributed by atoms with E-state index in [1.807, 2.05) is 49.1 Å². The van der Waals surface area contributed by atoms with Crippen molar-refractivity contribution in [3.63, 3.8) is 0 Å². The van der Waals surface area contributed by atoms with E-state index in [-0.39, 0.29) is 63.1 Å². The molecule has 5 amide bonds. The number of methoxy groups -OCH3 is 2. The summed E-state index contributed by atoms with van der Waals surface area (Å²) in [7, 11) is 9.63. The second-order valence-electron chi connectivity index (χ2n) is 10.2. The number of carbonyl (C=O) groups excluding carboxylic acids is 4. The van der Waals surface area contributed by atoms with E-state index in [4.69, 9.17) is 4.74 Å². The Bertz CT molecular complexity index is 949. The summed E-state index contributed by atoms with van der Waals surface area (Å²) in [6.45, 7) is 21.4. The number of amides is 5. The maximum absolute atomic E-state index is 10.4. The zero-order chi connectivity index (χ0) is 41.0. The molecule has 17 nitrogen and oxygen atoms in total. The van der Waals surface area contributed by atoms with E-state index < -0.39 is 0 Å². The molecule has 0 aliphatic rings. The Morgan fingerprint density at radius 3 is 1.19 bits per heavy atom. The van der Waals surface area contributed by atoms with Crippen LogP contribution in [0.3, 0.4) is 0 Å². The largest absolute Gasteiger partial charge is 0.381 e. The van der Waals surface area contributed by atoms with Crippen molar-refractivity contribution in [2.24, 2.45) is 0 Å². The Morgan fingerprint density at radius 2 is 1.00 bits per heavy atom. The smallest absolute Gasteiger partial charge is 0.314 e. The van der Waals surface area contributed by atoms with Gasteiger partial charge >= 0.3 is 6.03 Å². The molecule has 2 aromatic rings. The van der Waals surface area contributed by atoms with Gasteiger partial charge in [0, 0.05) is 107 Å². The zero-order valence-corrected chi connectivity index (χ0v) is 37.3. The molecular formula is C35H72N10O7Y-2. The fourth-order valence-corrected chi connectivity index (χ4v) is 2.41. The molecule has 0 fully saturated rings. The van der Waals surface area contributed by atoms with E-state index in [2.05, 4.69) is 103 Å². The number of hydrogen-bond acceptors (Lipinski definition) is 10. The average molecular weight is 834 g/mol. The Hall–Kier alpha value is -2.90. The molecule has 0 aliphatic carbocycles. The van der Waals surface area contributed by atoms with Gasteiger partial charge in [0.25, 0.3) is 0 Å². The third-order valence-corrected chi connectivity index (χ3v) is 4.90. The molecule has 0 aromatic carbocycles. The van der Waals surface area contributed by atoms with Gasteiger partial charge in [-0.05, 0) is 31.3 Å². The first-order chi connectivity index (χ1) is 24.7. The van der Waals surface area contributed by atoms with Gasteiger partial charge in [0.1, 0.15) is 6.61 Å². The summed E-state index contributed by atoms with van der Waals surface area (Å²) in [5, 5.41) is 20.6. The molecule has 0 aliphatic heterocycles. The van der Waals surface area contributed by atoms with Crippen LogP contribution in [0.5, 0.6) is 0 Å². The fourth-order valence-electron chi connectivity index (χ4n) is 2.41. The fraction of sp³-hybridized carbons (Fsp3) is 0.600. The number of rotatable bonds is 14. The van der Waals surface area contributed by atoms with Crippen LogP contribution in [0.4, 0.5) is 4.79 Å². The molecule has 0 saturated carbocycles. The molecule has 2 atom stereocenters. The zero-order valence-electron chi connectivity index (χ0n) is 34.5. The summed E-state index contributed by atoms with van der Waals surface area (Å²) in [4.78, 5) is 40.8. The molecule has 0 spiro atoms. The number of aromatic nitrogens is 2. The predicted octanol–water partition coefficient (Wildman–Crippen LogP) is 2.20. The normalized spacial score (nSPS) is 9.92. The molecule has 2 heterocycles. The number of nitrogens with one attached hydrogen (secondary N) is 8. The van der Waals surface area contributed by atoms with Crippen molar-refractivity contribution in [2.75, 3.05) is 82.5 Å². The van der Waals surface area contributed by atoms with Gasteiger partial charge in [-0.1, -0.05) is 46.2 Å². The first-order valence-corrected chi connectivity index (χ1v) is 16.8. The Labute approximate surface area is 345 Å². The summed E-state index contributed by atoms with van der Waals surface area (Å²) in [5.74, 6) is -0.192. The van der Waals surface area contributed by atoms with Crippen molar-refractivity contribution in [3.8, 4) is 0 Å². The van der Waals surface area contributed by atoms with Crippen LogP contribution in [0.2, 0.25) is 0 Å². The summed E-state index contributed by atoms with van der Waals surface area (Å²) in [6, 6.07) is 8.55. The van der Waals surface area contributed by atoms with Crippen LogP contribution >= 0.6 is 0 Å². The minimum absolute atomic E-state index is 0. The maximum atomic E-state index is 10.4. The molecule has 18 heteroatoms. The number of nitrogens with zero attached hydrogens (tertiary/aromatic N) is 2. The van der Waals surface area contributed by atoms with Crippen molar-refractivity contribution in [2.45, 2.75) is 60.0 Å². The van der Waals surface area contributed by atoms with Crippen LogP contribution < -0.4 is 42.5 Å². The Kier molecular flexibility index (Phi) is 60.0. The van der Waals surface area contributed by atoms with Crippen molar-refractivity contribution >= 4 is 23.8 Å². The first-order valence-electron chi connectivity index (χ1n) is 16.8. The van der Waals surface area contributed by atoms with Gasteiger partial charge in [-0.3, -0.25) is 30.3 Å². The average Bonchev–Trinajstić information content (AvgIpc) is 3.86. The molecule has 53 heavy (non-hydrogen) atoms. The van der Waals surface area contributed by atoms with Gasteiger partial charge in [-0.15, -0.1) is 0 Å². The Morgan fingerprint density at radius 1 is 0.660 bits per heavy atom. The van der Waals surface area contributed by atoms with Gasteiger partial charge in [0.15, 0.2) is 0 Å². The van der Waals surface area contributed by atoms with Gasteiger partial charge in [0.2, 0.25) is 17.7 Å². The maximum Gasteiger partial charge on any atom is 0.314 e. The Balaban J connectivity index is -0.000000123. The minimum Gasteiger partial charge on any atom is -0.381 e. The number of likely N-dealkylation sites (N-methyl/N-ethyl adjacent to an activating group) is 1. The van der Waals surface area contributed by atoms with Gasteiger partial charge < -0.3 is 63.8 Å². The second-order valence-corrected chi connectivity index (χ2v) is 10.2. The molecule has 8 N–H and O–H groups in total. The van der Waals surface area contributed by atoms with E-state index in [1.165, 1.54) is 20.3 Å². The number of hydrogen-bond donors (Lipinski definition) is 8. The topological polar surface area (TPSA) is 202 Å². The van der Waals surface area contributed by atoms with Crippen LogP contribution in [-0.4, -0.2) is 115 Å². The van der Waals surface area contributed by atoms with E-state index >= 15 is 0 Å². The SMILES string of the molecule is CCC.CNC(=O)NC.CNCOCC(=O)NC.COCNCNC(C)=O.COCNCNC(C)=O.[CH2-][C@H](C)n1cccc1.[CH2-][C@H](C)n1cccc1.[Y]. The van der Waals surface area contributed by atoms with Gasteiger partial charge in [0.05, 0.1) is 33.5 Å². The third-order valence-electron chi connectivity index (χ3n) is 4.90. The molecule has 1 radical (unpaired) electrons. The monoisotopic (exact) mass is 833 g/mol. The molecule has 309 valence electrons. The van der Waals surface area contributed by atoms with E-state index in [9.17, 15) is 19.2 Å². The van der Waals surface area contributed by atoms with Gasteiger partial charge in [-0.25, -0.2) is 4.79 Å². The molecule has 2 rings (SSSR count). The van der Waals surface area contributed by atoms with Crippen LogP contribution in [0.15, 0.2) is 49.1 Å². The molecule has 0 unspecified atom stereocenters. The molecule has 0 saturated heterocycles. The molecule has 0 bridgehead atoms. The standard InChI is InChI=1S/2C7H10N.3C5H12N2O2.C3H8N2O.C3H8.Y/c2*1-7(2)8-5-3-4-6-8;1-6-4-9-3-5(8)7-2;2*1-5(8)7-3-6-4-9-2;1-4-3(6)5-2;1-3-2;/h2*3-7H,1H2,2H3;3*6H,3-4H2,1-2H3,(H,7,8);1-2H3,(H2,4,5,6);3H2,1-2H3;/q2*-1;;;;;;/t2*7-;;;;;;/m11....../s1. The molecular weight excluding hydrogens is 761 g/mol. The van der Waals surface area contributed by atoms with E-state index in [1.54, 1.807) is 42.4 Å². The predicted molar refractivity (Wildman–Crippen MR) is 210 cm³/mol.